The van der Waals surface area contributed by atoms with Crippen LogP contribution in [0.3, 0.4) is 0 Å². The summed E-state index contributed by atoms with van der Waals surface area (Å²) in [6.45, 7) is 6.07. The largest absolute Gasteiger partial charge is 0.450 e. The van der Waals surface area contributed by atoms with Crippen molar-refractivity contribution in [2.75, 3.05) is 64.0 Å². The third-order valence-corrected chi connectivity index (χ3v) is 6.78. The quantitative estimate of drug-likeness (QED) is 0.679. The standard InChI is InChI=1S/C24H29FN4O5/c1-2-32-23(31)29-11-9-28(10-12-29)22(30)19-16-26-20-4-3-17(25)15-18(20)21(19)27-7-5-24(6-8-27)33-13-14-34-24/h3-4,15-16H,2,5-14H2,1H3. The van der Waals surface area contributed by atoms with Crippen molar-refractivity contribution in [3.8, 4) is 0 Å². The van der Waals surface area contributed by atoms with E-state index in [-0.39, 0.29) is 17.8 Å². The Bertz CT molecular complexity index is 1070. The average Bonchev–Trinajstić information content (AvgIpc) is 3.31. The van der Waals surface area contributed by atoms with Crippen LogP contribution < -0.4 is 4.90 Å². The lowest BCUT2D eigenvalue weighted by molar-refractivity contribution is -0.169. The molecule has 0 atom stereocenters. The van der Waals surface area contributed by atoms with Gasteiger partial charge in [-0.05, 0) is 25.1 Å². The number of rotatable bonds is 3. The Morgan fingerprint density at radius 2 is 1.74 bits per heavy atom. The van der Waals surface area contributed by atoms with Crippen molar-refractivity contribution in [3.63, 3.8) is 0 Å². The number of benzene rings is 1. The Labute approximate surface area is 197 Å². The lowest BCUT2D eigenvalue weighted by Crippen LogP contribution is -2.51. The van der Waals surface area contributed by atoms with Crippen LogP contribution in [0.25, 0.3) is 10.9 Å². The first kappa shape index (κ1) is 22.8. The molecule has 3 aliphatic heterocycles. The summed E-state index contributed by atoms with van der Waals surface area (Å²) in [5, 5.41) is 0.611. The minimum Gasteiger partial charge on any atom is -0.450 e. The number of amides is 2. The van der Waals surface area contributed by atoms with Gasteiger partial charge in [-0.2, -0.15) is 0 Å². The molecule has 34 heavy (non-hydrogen) atoms. The van der Waals surface area contributed by atoms with Crippen molar-refractivity contribution in [2.45, 2.75) is 25.6 Å². The Kier molecular flexibility index (Phi) is 6.26. The Hall–Kier alpha value is -2.98. The first-order valence-electron chi connectivity index (χ1n) is 11.8. The summed E-state index contributed by atoms with van der Waals surface area (Å²) in [5.74, 6) is -1.11. The molecule has 0 radical (unpaired) electrons. The molecule has 1 spiro atoms. The number of hydrogen-bond acceptors (Lipinski definition) is 7. The number of piperidine rings is 1. The molecule has 0 unspecified atom stereocenters. The number of hydrogen-bond donors (Lipinski definition) is 0. The van der Waals surface area contributed by atoms with E-state index in [1.807, 2.05) is 0 Å². The van der Waals surface area contributed by atoms with E-state index < -0.39 is 5.79 Å². The molecular weight excluding hydrogens is 443 g/mol. The number of fused-ring (bicyclic) bond motifs is 1. The van der Waals surface area contributed by atoms with Crippen LogP contribution in [0.15, 0.2) is 24.4 Å². The van der Waals surface area contributed by atoms with Gasteiger partial charge in [0.15, 0.2) is 5.79 Å². The Morgan fingerprint density at radius 1 is 1.06 bits per heavy atom. The Morgan fingerprint density at radius 3 is 2.41 bits per heavy atom. The second-order valence-electron chi connectivity index (χ2n) is 8.75. The fourth-order valence-electron chi connectivity index (χ4n) is 4.98. The summed E-state index contributed by atoms with van der Waals surface area (Å²) < 4.78 is 31.0. The SMILES string of the molecule is CCOC(=O)N1CCN(C(=O)c2cnc3ccc(F)cc3c2N2CCC3(CC2)OCCO3)CC1. The van der Waals surface area contributed by atoms with Crippen molar-refractivity contribution in [1.82, 2.24) is 14.8 Å². The molecule has 3 aliphatic rings. The van der Waals surface area contributed by atoms with Gasteiger partial charge < -0.3 is 28.9 Å². The van der Waals surface area contributed by atoms with E-state index in [1.165, 1.54) is 12.1 Å². The molecule has 1 aromatic carbocycles. The fourth-order valence-corrected chi connectivity index (χ4v) is 4.98. The Balaban J connectivity index is 1.42. The van der Waals surface area contributed by atoms with Gasteiger partial charge in [0.25, 0.3) is 5.91 Å². The van der Waals surface area contributed by atoms with Crippen LogP contribution in [0.4, 0.5) is 14.9 Å². The molecule has 0 N–H and O–H groups in total. The molecule has 0 bridgehead atoms. The monoisotopic (exact) mass is 472 g/mol. The number of carbonyl (C=O) groups is 2. The molecular formula is C24H29FN4O5. The highest BCUT2D eigenvalue weighted by Gasteiger charge is 2.41. The van der Waals surface area contributed by atoms with E-state index in [0.29, 0.717) is 94.1 Å². The summed E-state index contributed by atoms with van der Waals surface area (Å²) in [6, 6.07) is 4.45. The summed E-state index contributed by atoms with van der Waals surface area (Å²) in [4.78, 5) is 35.5. The molecule has 0 saturated carbocycles. The maximum absolute atomic E-state index is 14.3. The molecule has 1 aromatic heterocycles. The summed E-state index contributed by atoms with van der Waals surface area (Å²) in [7, 11) is 0. The minimum atomic E-state index is -0.557. The number of piperazine rings is 1. The van der Waals surface area contributed by atoms with Gasteiger partial charge in [0, 0.05) is 63.7 Å². The van der Waals surface area contributed by atoms with Crippen LogP contribution in [0.1, 0.15) is 30.1 Å². The van der Waals surface area contributed by atoms with Crippen LogP contribution in [-0.4, -0.2) is 91.7 Å². The van der Waals surface area contributed by atoms with Gasteiger partial charge in [0.05, 0.1) is 36.6 Å². The predicted molar refractivity (Wildman–Crippen MR) is 122 cm³/mol. The number of nitrogens with zero attached hydrogens (tertiary/aromatic N) is 4. The topological polar surface area (TPSA) is 84.4 Å². The van der Waals surface area contributed by atoms with Gasteiger partial charge >= 0.3 is 6.09 Å². The van der Waals surface area contributed by atoms with Crippen molar-refractivity contribution in [2.24, 2.45) is 0 Å². The van der Waals surface area contributed by atoms with Crippen molar-refractivity contribution < 1.29 is 28.2 Å². The van der Waals surface area contributed by atoms with Crippen LogP contribution in [0, 0.1) is 5.82 Å². The molecule has 10 heteroatoms. The van der Waals surface area contributed by atoms with Gasteiger partial charge in [0.2, 0.25) is 0 Å². The maximum atomic E-state index is 14.3. The smallest absolute Gasteiger partial charge is 0.409 e. The lowest BCUT2D eigenvalue weighted by atomic mass is 9.99. The zero-order valence-corrected chi connectivity index (χ0v) is 19.3. The van der Waals surface area contributed by atoms with Crippen LogP contribution in [0.2, 0.25) is 0 Å². The molecule has 2 amide bonds. The first-order valence-corrected chi connectivity index (χ1v) is 11.8. The molecule has 4 heterocycles. The van der Waals surface area contributed by atoms with Crippen molar-refractivity contribution >= 4 is 28.6 Å². The van der Waals surface area contributed by atoms with E-state index in [4.69, 9.17) is 14.2 Å². The highest BCUT2D eigenvalue weighted by atomic mass is 19.1. The molecule has 3 saturated heterocycles. The van der Waals surface area contributed by atoms with Gasteiger partial charge in [-0.15, -0.1) is 0 Å². The van der Waals surface area contributed by atoms with E-state index >= 15 is 0 Å². The highest BCUT2D eigenvalue weighted by Crippen LogP contribution is 2.37. The van der Waals surface area contributed by atoms with Gasteiger partial charge in [-0.25, -0.2) is 9.18 Å². The zero-order valence-electron chi connectivity index (χ0n) is 19.3. The maximum Gasteiger partial charge on any atom is 0.409 e. The third-order valence-electron chi connectivity index (χ3n) is 6.78. The second kappa shape index (κ2) is 9.34. The van der Waals surface area contributed by atoms with Crippen LogP contribution in [0.5, 0.6) is 0 Å². The van der Waals surface area contributed by atoms with Crippen molar-refractivity contribution in [1.29, 1.82) is 0 Å². The number of anilines is 1. The predicted octanol–water partition coefficient (Wildman–Crippen LogP) is 2.63. The first-order chi connectivity index (χ1) is 16.5. The third kappa shape index (κ3) is 4.27. The molecule has 5 rings (SSSR count). The fraction of sp³-hybridized carbons (Fsp3) is 0.542. The number of pyridine rings is 1. The summed E-state index contributed by atoms with van der Waals surface area (Å²) in [5.41, 5.74) is 1.76. The van der Waals surface area contributed by atoms with Crippen LogP contribution in [-0.2, 0) is 14.2 Å². The van der Waals surface area contributed by atoms with Gasteiger partial charge in [-0.1, -0.05) is 0 Å². The lowest BCUT2D eigenvalue weighted by Gasteiger charge is -2.40. The minimum absolute atomic E-state index is 0.175. The summed E-state index contributed by atoms with van der Waals surface area (Å²) >= 11 is 0. The highest BCUT2D eigenvalue weighted by molar-refractivity contribution is 6.07. The molecule has 0 aliphatic carbocycles. The van der Waals surface area contributed by atoms with E-state index in [1.54, 1.807) is 29.0 Å². The van der Waals surface area contributed by atoms with Crippen LogP contribution >= 0.6 is 0 Å². The van der Waals surface area contributed by atoms with E-state index in [9.17, 15) is 14.0 Å². The van der Waals surface area contributed by atoms with Gasteiger partial charge in [0.1, 0.15) is 5.82 Å². The number of halogens is 1. The normalized spacial score (nSPS) is 20.2. The number of carbonyl (C=O) groups excluding carboxylic acids is 2. The number of aromatic nitrogens is 1. The molecule has 2 aromatic rings. The average molecular weight is 473 g/mol. The number of ether oxygens (including phenoxy) is 3. The second-order valence-corrected chi connectivity index (χ2v) is 8.75. The summed E-state index contributed by atoms with van der Waals surface area (Å²) in [6.07, 6.45) is 2.55. The van der Waals surface area contributed by atoms with Crippen molar-refractivity contribution in [3.05, 3.63) is 35.8 Å². The van der Waals surface area contributed by atoms with E-state index in [0.717, 1.165) is 0 Å². The van der Waals surface area contributed by atoms with E-state index in [2.05, 4.69) is 9.88 Å². The molecule has 9 nitrogen and oxygen atoms in total. The molecule has 3 fully saturated rings. The zero-order chi connectivity index (χ0) is 23.7. The van der Waals surface area contributed by atoms with Gasteiger partial charge in [-0.3, -0.25) is 9.78 Å². The molecule has 182 valence electrons.